The molecule has 0 atom stereocenters. The summed E-state index contributed by atoms with van der Waals surface area (Å²) in [6.07, 6.45) is -1.81. The number of amides is 1. The van der Waals surface area contributed by atoms with Crippen LogP contribution in [-0.2, 0) is 17.9 Å². The SMILES string of the molecule is Cc1cc(OCC(=O)N(C)Cc2nccn2CC(F)(F)F)ccc1C(C)C. The van der Waals surface area contributed by atoms with Gasteiger partial charge in [0.05, 0.1) is 6.54 Å². The Bertz CT molecular complexity index is 785. The van der Waals surface area contributed by atoms with Gasteiger partial charge in [0.2, 0.25) is 0 Å². The van der Waals surface area contributed by atoms with Crippen molar-refractivity contribution in [3.8, 4) is 5.75 Å². The largest absolute Gasteiger partial charge is 0.484 e. The molecule has 1 aromatic heterocycles. The second kappa shape index (κ2) is 8.45. The minimum atomic E-state index is -4.35. The van der Waals surface area contributed by atoms with Gasteiger partial charge in [-0.2, -0.15) is 13.2 Å². The van der Waals surface area contributed by atoms with Gasteiger partial charge >= 0.3 is 6.18 Å². The van der Waals surface area contributed by atoms with Crippen LogP contribution in [0.1, 0.15) is 36.7 Å². The lowest BCUT2D eigenvalue weighted by Crippen LogP contribution is -2.32. The Hall–Kier alpha value is -2.51. The van der Waals surface area contributed by atoms with Gasteiger partial charge in [0.1, 0.15) is 18.1 Å². The summed E-state index contributed by atoms with van der Waals surface area (Å²) in [7, 11) is 1.51. The van der Waals surface area contributed by atoms with E-state index in [1.54, 1.807) is 0 Å². The molecular weight excluding hydrogens is 359 g/mol. The molecule has 2 rings (SSSR count). The molecule has 0 N–H and O–H groups in total. The summed E-state index contributed by atoms with van der Waals surface area (Å²) in [5.41, 5.74) is 2.29. The third kappa shape index (κ3) is 6.01. The number of benzene rings is 1. The molecular formula is C19H24F3N3O2. The van der Waals surface area contributed by atoms with Crippen molar-refractivity contribution in [1.29, 1.82) is 0 Å². The number of likely N-dealkylation sites (N-methyl/N-ethyl adjacent to an activating group) is 1. The van der Waals surface area contributed by atoms with E-state index >= 15 is 0 Å². The lowest BCUT2D eigenvalue weighted by molar-refractivity contribution is -0.141. The van der Waals surface area contributed by atoms with E-state index in [1.165, 1.54) is 29.9 Å². The lowest BCUT2D eigenvalue weighted by Gasteiger charge is -2.19. The monoisotopic (exact) mass is 383 g/mol. The van der Waals surface area contributed by atoms with E-state index in [1.807, 2.05) is 25.1 Å². The molecule has 0 aliphatic carbocycles. The van der Waals surface area contributed by atoms with Crippen LogP contribution in [0.5, 0.6) is 5.75 Å². The third-order valence-electron chi connectivity index (χ3n) is 4.18. The van der Waals surface area contributed by atoms with Crippen molar-refractivity contribution in [3.63, 3.8) is 0 Å². The van der Waals surface area contributed by atoms with Crippen molar-refractivity contribution in [2.75, 3.05) is 13.7 Å². The number of carbonyl (C=O) groups is 1. The molecule has 148 valence electrons. The number of carbonyl (C=O) groups excluding carboxylic acids is 1. The maximum Gasteiger partial charge on any atom is 0.406 e. The van der Waals surface area contributed by atoms with Gasteiger partial charge in [0.15, 0.2) is 6.61 Å². The Morgan fingerprint density at radius 2 is 2.04 bits per heavy atom. The van der Waals surface area contributed by atoms with Gasteiger partial charge in [-0.25, -0.2) is 4.98 Å². The van der Waals surface area contributed by atoms with Crippen LogP contribution in [0.25, 0.3) is 0 Å². The molecule has 2 aromatic rings. The molecule has 5 nitrogen and oxygen atoms in total. The minimum Gasteiger partial charge on any atom is -0.484 e. The van der Waals surface area contributed by atoms with E-state index in [0.29, 0.717) is 11.7 Å². The number of rotatable bonds is 7. The molecule has 0 saturated carbocycles. The van der Waals surface area contributed by atoms with Crippen molar-refractivity contribution in [2.45, 2.75) is 46.0 Å². The fraction of sp³-hybridized carbons (Fsp3) is 0.474. The predicted molar refractivity (Wildman–Crippen MR) is 95.5 cm³/mol. The number of hydrogen-bond donors (Lipinski definition) is 0. The summed E-state index contributed by atoms with van der Waals surface area (Å²) < 4.78 is 44.2. The van der Waals surface area contributed by atoms with E-state index in [-0.39, 0.29) is 24.9 Å². The van der Waals surface area contributed by atoms with E-state index in [9.17, 15) is 18.0 Å². The van der Waals surface area contributed by atoms with Gasteiger partial charge in [0.25, 0.3) is 5.91 Å². The molecule has 8 heteroatoms. The van der Waals surface area contributed by atoms with E-state index in [0.717, 1.165) is 10.1 Å². The number of alkyl halides is 3. The van der Waals surface area contributed by atoms with Crippen molar-refractivity contribution in [1.82, 2.24) is 14.5 Å². The van der Waals surface area contributed by atoms with Crippen LogP contribution in [0, 0.1) is 6.92 Å². The number of nitrogens with zero attached hydrogens (tertiary/aromatic N) is 3. The Morgan fingerprint density at radius 3 is 2.63 bits per heavy atom. The molecule has 0 unspecified atom stereocenters. The normalized spacial score (nSPS) is 11.7. The second-order valence-corrected chi connectivity index (χ2v) is 6.80. The maximum absolute atomic E-state index is 12.6. The molecule has 0 aliphatic rings. The Labute approximate surface area is 156 Å². The summed E-state index contributed by atoms with van der Waals surface area (Å²) in [6.45, 7) is 4.82. The Morgan fingerprint density at radius 1 is 1.33 bits per heavy atom. The van der Waals surface area contributed by atoms with Crippen LogP contribution < -0.4 is 4.74 Å². The van der Waals surface area contributed by atoms with Crippen LogP contribution >= 0.6 is 0 Å². The van der Waals surface area contributed by atoms with Gasteiger partial charge in [-0.3, -0.25) is 4.79 Å². The van der Waals surface area contributed by atoms with Crippen LogP contribution in [0.3, 0.4) is 0 Å². The average Bonchev–Trinajstić information content (AvgIpc) is 2.97. The second-order valence-electron chi connectivity index (χ2n) is 6.80. The molecule has 0 saturated heterocycles. The molecule has 27 heavy (non-hydrogen) atoms. The smallest absolute Gasteiger partial charge is 0.406 e. The Balaban J connectivity index is 1.93. The highest BCUT2D eigenvalue weighted by atomic mass is 19.4. The molecule has 1 heterocycles. The van der Waals surface area contributed by atoms with Gasteiger partial charge in [-0.1, -0.05) is 19.9 Å². The molecule has 1 aromatic carbocycles. The maximum atomic E-state index is 12.6. The van der Waals surface area contributed by atoms with E-state index in [4.69, 9.17) is 4.74 Å². The zero-order chi connectivity index (χ0) is 20.2. The van der Waals surface area contributed by atoms with Crippen LogP contribution in [-0.4, -0.2) is 40.2 Å². The van der Waals surface area contributed by atoms with E-state index < -0.39 is 12.7 Å². The lowest BCUT2D eigenvalue weighted by atomic mass is 9.98. The molecule has 1 amide bonds. The first-order valence-corrected chi connectivity index (χ1v) is 8.61. The number of halogens is 3. The van der Waals surface area contributed by atoms with Crippen molar-refractivity contribution in [2.24, 2.45) is 0 Å². The molecule has 0 radical (unpaired) electrons. The van der Waals surface area contributed by atoms with Gasteiger partial charge in [-0.15, -0.1) is 0 Å². The summed E-state index contributed by atoms with van der Waals surface area (Å²) in [5.74, 6) is 0.798. The summed E-state index contributed by atoms with van der Waals surface area (Å²) in [5, 5.41) is 0. The van der Waals surface area contributed by atoms with Crippen molar-refractivity contribution < 1.29 is 22.7 Å². The summed E-state index contributed by atoms with van der Waals surface area (Å²) in [6, 6.07) is 5.65. The predicted octanol–water partition coefficient (Wildman–Crippen LogP) is 3.91. The van der Waals surface area contributed by atoms with Gasteiger partial charge < -0.3 is 14.2 Å². The molecule has 0 spiro atoms. The van der Waals surface area contributed by atoms with Crippen LogP contribution in [0.2, 0.25) is 0 Å². The highest BCUT2D eigenvalue weighted by molar-refractivity contribution is 5.77. The minimum absolute atomic E-state index is 0.0312. The van der Waals surface area contributed by atoms with E-state index in [2.05, 4.69) is 18.8 Å². The molecule has 0 fully saturated rings. The zero-order valence-electron chi connectivity index (χ0n) is 15.9. The van der Waals surface area contributed by atoms with Gasteiger partial charge in [0, 0.05) is 19.4 Å². The Kier molecular flexibility index (Phi) is 6.51. The first-order chi connectivity index (χ1) is 12.6. The summed E-state index contributed by atoms with van der Waals surface area (Å²) >= 11 is 0. The number of aryl methyl sites for hydroxylation is 1. The van der Waals surface area contributed by atoms with Crippen molar-refractivity contribution >= 4 is 5.91 Å². The zero-order valence-corrected chi connectivity index (χ0v) is 15.9. The highest BCUT2D eigenvalue weighted by Crippen LogP contribution is 2.23. The molecule has 0 bridgehead atoms. The van der Waals surface area contributed by atoms with Crippen LogP contribution in [0.15, 0.2) is 30.6 Å². The number of aromatic nitrogens is 2. The average molecular weight is 383 g/mol. The van der Waals surface area contributed by atoms with Crippen molar-refractivity contribution in [3.05, 3.63) is 47.5 Å². The topological polar surface area (TPSA) is 47.4 Å². The first kappa shape index (κ1) is 20.8. The molecule has 0 aliphatic heterocycles. The number of ether oxygens (including phenoxy) is 1. The first-order valence-electron chi connectivity index (χ1n) is 8.61. The summed E-state index contributed by atoms with van der Waals surface area (Å²) in [4.78, 5) is 17.4. The number of imidazole rings is 1. The fourth-order valence-electron chi connectivity index (χ4n) is 2.77. The quantitative estimate of drug-likeness (QED) is 0.728. The van der Waals surface area contributed by atoms with Crippen LogP contribution in [0.4, 0.5) is 13.2 Å². The number of hydrogen-bond acceptors (Lipinski definition) is 3. The highest BCUT2D eigenvalue weighted by Gasteiger charge is 2.29. The third-order valence-corrected chi connectivity index (χ3v) is 4.18. The standard InChI is InChI=1S/C19H24F3N3O2/c1-13(2)16-6-5-15(9-14(16)3)27-11-18(26)24(4)10-17-23-7-8-25(17)12-19(20,21)22/h5-9,13H,10-12H2,1-4H3. The van der Waals surface area contributed by atoms with Gasteiger partial charge in [-0.05, 0) is 36.1 Å². The fourth-order valence-corrected chi connectivity index (χ4v) is 2.77.